The lowest BCUT2D eigenvalue weighted by Gasteiger charge is -2.39. The van der Waals surface area contributed by atoms with Crippen molar-refractivity contribution in [3.8, 4) is 28.7 Å². The van der Waals surface area contributed by atoms with Gasteiger partial charge in [0.05, 0.1) is 39.5 Å². The van der Waals surface area contributed by atoms with E-state index >= 15 is 0 Å². The van der Waals surface area contributed by atoms with Crippen LogP contribution in [0.2, 0.25) is 0 Å². The molecule has 0 aromatic heterocycles. The van der Waals surface area contributed by atoms with Gasteiger partial charge >= 0.3 is 0 Å². The van der Waals surface area contributed by atoms with Gasteiger partial charge < -0.3 is 54.3 Å². The highest BCUT2D eigenvalue weighted by Gasteiger charge is 2.45. The number of rotatable bonds is 6. The molecule has 4 rings (SSSR count). The number of phenols is 1. The third-order valence-corrected chi connectivity index (χ3v) is 6.15. The number of phenolic OH excluding ortho intramolecular Hbond substituents is 1. The van der Waals surface area contributed by atoms with Crippen LogP contribution >= 0.6 is 0 Å². The monoisotopic (exact) mass is 480 g/mol. The SMILES string of the molecule is COc1ccc([C@@H]2COc3cc(O[C@@H]4O[C@H](CO)[C@@H](O)[C@H](O)[C@H]4O)ccc3[C@@H]2O)c(O)c1OC. The molecule has 0 unspecified atom stereocenters. The average molecular weight is 480 g/mol. The van der Waals surface area contributed by atoms with Gasteiger partial charge in [-0.2, -0.15) is 0 Å². The number of methoxy groups -OCH3 is 2. The fourth-order valence-corrected chi connectivity index (χ4v) is 4.23. The number of aliphatic hydroxyl groups is 5. The summed E-state index contributed by atoms with van der Waals surface area (Å²) in [6, 6.07) is 7.85. The zero-order valence-corrected chi connectivity index (χ0v) is 18.6. The summed E-state index contributed by atoms with van der Waals surface area (Å²) in [6.45, 7) is -0.532. The Labute approximate surface area is 195 Å². The van der Waals surface area contributed by atoms with E-state index in [1.54, 1.807) is 18.2 Å². The van der Waals surface area contributed by atoms with E-state index in [0.29, 0.717) is 22.6 Å². The van der Waals surface area contributed by atoms with Gasteiger partial charge in [0.25, 0.3) is 0 Å². The van der Waals surface area contributed by atoms with Gasteiger partial charge in [0, 0.05) is 17.2 Å². The van der Waals surface area contributed by atoms with Crippen molar-refractivity contribution in [3.63, 3.8) is 0 Å². The molecule has 0 bridgehead atoms. The third-order valence-electron chi connectivity index (χ3n) is 6.15. The van der Waals surface area contributed by atoms with Crippen LogP contribution in [0, 0.1) is 0 Å². The number of aromatic hydroxyl groups is 1. The van der Waals surface area contributed by atoms with Gasteiger partial charge in [0.2, 0.25) is 12.0 Å². The highest BCUT2D eigenvalue weighted by atomic mass is 16.7. The molecule has 0 spiro atoms. The van der Waals surface area contributed by atoms with E-state index in [2.05, 4.69) is 0 Å². The summed E-state index contributed by atoms with van der Waals surface area (Å²) in [7, 11) is 2.86. The molecule has 6 N–H and O–H groups in total. The Hall–Kier alpha value is -2.80. The molecule has 34 heavy (non-hydrogen) atoms. The molecule has 2 aromatic rings. The van der Waals surface area contributed by atoms with Gasteiger partial charge in [-0.25, -0.2) is 0 Å². The van der Waals surface area contributed by atoms with E-state index in [1.807, 2.05) is 0 Å². The van der Waals surface area contributed by atoms with Gasteiger partial charge in [-0.3, -0.25) is 0 Å². The van der Waals surface area contributed by atoms with Crippen LogP contribution in [0.5, 0.6) is 28.7 Å². The molecule has 1 saturated heterocycles. The molecule has 2 heterocycles. The lowest BCUT2D eigenvalue weighted by atomic mass is 9.86. The minimum atomic E-state index is -1.57. The molecule has 11 heteroatoms. The van der Waals surface area contributed by atoms with E-state index in [4.69, 9.17) is 23.7 Å². The summed E-state index contributed by atoms with van der Waals surface area (Å²) >= 11 is 0. The fraction of sp³-hybridized carbons (Fsp3) is 0.478. The van der Waals surface area contributed by atoms with Crippen LogP contribution < -0.4 is 18.9 Å². The first-order valence-corrected chi connectivity index (χ1v) is 10.7. The summed E-state index contributed by atoms with van der Waals surface area (Å²) in [5, 5.41) is 61.0. The fourth-order valence-electron chi connectivity index (χ4n) is 4.23. The standard InChI is InChI=1S/C23H28O11/c1-30-14-6-5-11(18(26)22(14)31-2)13-9-32-15-7-10(3-4-12(15)17(13)25)33-23-21(29)20(28)19(27)16(8-24)34-23/h3-7,13,16-17,19-21,23-29H,8-9H2,1-2H3/t13-,16+,17-,19+,20-,21+,23+/m0/s1. The molecule has 186 valence electrons. The van der Waals surface area contributed by atoms with Crippen LogP contribution in [0.1, 0.15) is 23.1 Å². The van der Waals surface area contributed by atoms with E-state index in [9.17, 15) is 30.6 Å². The van der Waals surface area contributed by atoms with E-state index in [-0.39, 0.29) is 23.9 Å². The Bertz CT molecular complexity index is 1010. The quantitative estimate of drug-likeness (QED) is 0.324. The minimum Gasteiger partial charge on any atom is -0.504 e. The summed E-state index contributed by atoms with van der Waals surface area (Å²) in [4.78, 5) is 0. The van der Waals surface area contributed by atoms with Crippen molar-refractivity contribution in [1.82, 2.24) is 0 Å². The van der Waals surface area contributed by atoms with Gasteiger partial charge in [-0.1, -0.05) is 6.07 Å². The predicted molar refractivity (Wildman–Crippen MR) is 115 cm³/mol. The number of aliphatic hydroxyl groups excluding tert-OH is 5. The number of hydrogen-bond donors (Lipinski definition) is 6. The van der Waals surface area contributed by atoms with Crippen molar-refractivity contribution in [3.05, 3.63) is 41.5 Å². The zero-order valence-electron chi connectivity index (χ0n) is 18.6. The number of fused-ring (bicyclic) bond motifs is 1. The number of benzene rings is 2. The summed E-state index contributed by atoms with van der Waals surface area (Å²) in [6.07, 6.45) is -8.09. The van der Waals surface area contributed by atoms with E-state index in [1.165, 1.54) is 26.4 Å². The van der Waals surface area contributed by atoms with Crippen molar-refractivity contribution >= 4 is 0 Å². The Balaban J connectivity index is 1.54. The second kappa shape index (κ2) is 9.82. The second-order valence-electron chi connectivity index (χ2n) is 8.12. The summed E-state index contributed by atoms with van der Waals surface area (Å²) < 4.78 is 27.2. The smallest absolute Gasteiger partial charge is 0.229 e. The minimum absolute atomic E-state index is 0.0424. The number of ether oxygens (including phenoxy) is 5. The molecule has 2 aromatic carbocycles. The van der Waals surface area contributed by atoms with Gasteiger partial charge in [0.1, 0.15) is 35.9 Å². The summed E-state index contributed by atoms with van der Waals surface area (Å²) in [5.41, 5.74) is 0.879. The van der Waals surface area contributed by atoms with Crippen molar-refractivity contribution in [2.24, 2.45) is 0 Å². The lowest BCUT2D eigenvalue weighted by molar-refractivity contribution is -0.277. The van der Waals surface area contributed by atoms with Crippen LogP contribution in [0.3, 0.4) is 0 Å². The Morgan fingerprint density at radius 2 is 1.68 bits per heavy atom. The van der Waals surface area contributed by atoms with Gasteiger partial charge in [0.15, 0.2) is 11.5 Å². The molecule has 0 saturated carbocycles. The third kappa shape index (κ3) is 4.22. The molecular formula is C23H28O11. The first kappa shape index (κ1) is 24.3. The van der Waals surface area contributed by atoms with Crippen molar-refractivity contribution < 1.29 is 54.3 Å². The highest BCUT2D eigenvalue weighted by molar-refractivity contribution is 5.57. The maximum Gasteiger partial charge on any atom is 0.229 e. The van der Waals surface area contributed by atoms with Gasteiger partial charge in [-0.05, 0) is 18.2 Å². The van der Waals surface area contributed by atoms with Crippen LogP contribution in [0.15, 0.2) is 30.3 Å². The van der Waals surface area contributed by atoms with Crippen LogP contribution in [0.4, 0.5) is 0 Å². The first-order valence-electron chi connectivity index (χ1n) is 10.7. The normalized spacial score (nSPS) is 30.7. The molecule has 1 fully saturated rings. The Morgan fingerprint density at radius 3 is 2.35 bits per heavy atom. The maximum absolute atomic E-state index is 11.0. The molecule has 0 amide bonds. The molecule has 2 aliphatic heterocycles. The Morgan fingerprint density at radius 1 is 0.941 bits per heavy atom. The predicted octanol–water partition coefficient (Wildman–Crippen LogP) is -0.202. The van der Waals surface area contributed by atoms with Crippen molar-refractivity contribution in [2.75, 3.05) is 27.4 Å². The molecule has 2 aliphatic rings. The van der Waals surface area contributed by atoms with Crippen LogP contribution in [-0.4, -0.2) is 88.8 Å². The molecule has 0 aliphatic carbocycles. The maximum atomic E-state index is 11.0. The number of hydrogen-bond acceptors (Lipinski definition) is 11. The van der Waals surface area contributed by atoms with E-state index in [0.717, 1.165) is 0 Å². The van der Waals surface area contributed by atoms with Crippen LogP contribution in [-0.2, 0) is 4.74 Å². The molecule has 0 radical (unpaired) electrons. The molecular weight excluding hydrogens is 452 g/mol. The largest absolute Gasteiger partial charge is 0.504 e. The lowest BCUT2D eigenvalue weighted by Crippen LogP contribution is -2.60. The zero-order chi connectivity index (χ0) is 24.6. The van der Waals surface area contributed by atoms with Gasteiger partial charge in [-0.15, -0.1) is 0 Å². The second-order valence-corrected chi connectivity index (χ2v) is 8.12. The van der Waals surface area contributed by atoms with Crippen LogP contribution in [0.25, 0.3) is 0 Å². The molecule has 7 atom stereocenters. The van der Waals surface area contributed by atoms with Crippen molar-refractivity contribution in [1.29, 1.82) is 0 Å². The molecule has 11 nitrogen and oxygen atoms in total. The topological polar surface area (TPSA) is 168 Å². The average Bonchev–Trinajstić information content (AvgIpc) is 2.84. The van der Waals surface area contributed by atoms with E-state index < -0.39 is 49.3 Å². The highest BCUT2D eigenvalue weighted by Crippen LogP contribution is 2.48. The summed E-state index contributed by atoms with van der Waals surface area (Å²) in [5.74, 6) is 0.296. The first-order chi connectivity index (χ1) is 16.3. The Kier molecular flexibility index (Phi) is 7.03. The van der Waals surface area contributed by atoms with Crippen molar-refractivity contribution in [2.45, 2.75) is 42.7 Å².